The van der Waals surface area contributed by atoms with E-state index in [4.69, 9.17) is 9.47 Å². The summed E-state index contributed by atoms with van der Waals surface area (Å²) in [5.74, 6) is -2.63. The third kappa shape index (κ3) is 4.92. The molecule has 0 radical (unpaired) electrons. The SMILES string of the molecule is COC(=O)c1ccc2c(C(=O)C(F)(F)F)cn(CC(=O)Nc3cc(OC)ccc3OC)c2c1. The zero-order valence-corrected chi connectivity index (χ0v) is 17.8. The third-order valence-electron chi connectivity index (χ3n) is 4.80. The number of nitrogens with one attached hydrogen (secondary N) is 1. The number of carbonyl (C=O) groups is 3. The smallest absolute Gasteiger partial charge is 0.454 e. The van der Waals surface area contributed by atoms with Gasteiger partial charge in [-0.3, -0.25) is 9.59 Å². The Hall–Kier alpha value is -4.02. The number of ketones is 1. The van der Waals surface area contributed by atoms with Crippen molar-refractivity contribution in [2.24, 2.45) is 0 Å². The average molecular weight is 464 g/mol. The number of anilines is 1. The molecule has 0 bridgehead atoms. The van der Waals surface area contributed by atoms with E-state index in [0.717, 1.165) is 17.9 Å². The van der Waals surface area contributed by atoms with E-state index in [1.165, 1.54) is 38.5 Å². The van der Waals surface area contributed by atoms with Crippen molar-refractivity contribution in [3.05, 3.63) is 53.7 Å². The van der Waals surface area contributed by atoms with E-state index in [0.29, 0.717) is 11.5 Å². The van der Waals surface area contributed by atoms with Crippen LogP contribution in [0.15, 0.2) is 42.6 Å². The van der Waals surface area contributed by atoms with E-state index >= 15 is 0 Å². The number of esters is 1. The normalized spacial score (nSPS) is 11.2. The van der Waals surface area contributed by atoms with Gasteiger partial charge in [-0.2, -0.15) is 13.2 Å². The van der Waals surface area contributed by atoms with Crippen LogP contribution in [0, 0.1) is 0 Å². The molecule has 0 aliphatic rings. The first-order valence-corrected chi connectivity index (χ1v) is 9.43. The number of nitrogens with zero attached hydrogens (tertiary/aromatic N) is 1. The lowest BCUT2D eigenvalue weighted by Gasteiger charge is -2.12. The molecule has 33 heavy (non-hydrogen) atoms. The van der Waals surface area contributed by atoms with Gasteiger partial charge in [0.1, 0.15) is 18.0 Å². The maximum atomic E-state index is 13.1. The summed E-state index contributed by atoms with van der Waals surface area (Å²) < 4.78 is 55.4. The van der Waals surface area contributed by atoms with Crippen molar-refractivity contribution in [3.63, 3.8) is 0 Å². The number of ether oxygens (including phenoxy) is 3. The first-order valence-electron chi connectivity index (χ1n) is 9.43. The van der Waals surface area contributed by atoms with Crippen LogP contribution in [0.4, 0.5) is 18.9 Å². The molecule has 0 spiro atoms. The van der Waals surface area contributed by atoms with Gasteiger partial charge in [-0.05, 0) is 24.3 Å². The van der Waals surface area contributed by atoms with Crippen LogP contribution in [0.2, 0.25) is 0 Å². The quantitative estimate of drug-likeness (QED) is 0.422. The number of carbonyl (C=O) groups excluding carboxylic acids is 3. The van der Waals surface area contributed by atoms with Gasteiger partial charge in [0.2, 0.25) is 5.91 Å². The van der Waals surface area contributed by atoms with Gasteiger partial charge in [-0.1, -0.05) is 6.07 Å². The van der Waals surface area contributed by atoms with Crippen molar-refractivity contribution in [3.8, 4) is 11.5 Å². The number of Topliss-reactive ketones (excluding diaryl/α,β-unsaturated/α-hetero) is 1. The summed E-state index contributed by atoms with van der Waals surface area (Å²) in [7, 11) is 4.00. The van der Waals surface area contributed by atoms with Crippen LogP contribution < -0.4 is 14.8 Å². The molecule has 3 rings (SSSR count). The minimum atomic E-state index is -5.11. The number of aromatic nitrogens is 1. The second-order valence-corrected chi connectivity index (χ2v) is 6.84. The molecule has 0 fully saturated rings. The van der Waals surface area contributed by atoms with Crippen LogP contribution >= 0.6 is 0 Å². The molecule has 0 aliphatic carbocycles. The zero-order valence-electron chi connectivity index (χ0n) is 17.8. The van der Waals surface area contributed by atoms with Crippen molar-refractivity contribution < 1.29 is 41.8 Å². The van der Waals surface area contributed by atoms with E-state index in [2.05, 4.69) is 10.1 Å². The number of hydrogen-bond donors (Lipinski definition) is 1. The standard InChI is InChI=1S/C22H19F3N2O6/c1-31-13-5-7-18(32-2)16(9-13)26-19(28)11-27-10-15(20(29)22(23,24)25)14-6-4-12(8-17(14)27)21(30)33-3/h4-10H,11H2,1-3H3,(H,26,28). The van der Waals surface area contributed by atoms with E-state index in [-0.39, 0.29) is 22.2 Å². The Morgan fingerprint density at radius 1 is 1.00 bits per heavy atom. The summed E-state index contributed by atoms with van der Waals surface area (Å²) >= 11 is 0. The number of amides is 1. The lowest BCUT2D eigenvalue weighted by molar-refractivity contribution is -0.116. The summed E-state index contributed by atoms with van der Waals surface area (Å²) in [6, 6.07) is 8.42. The molecule has 1 heterocycles. The van der Waals surface area contributed by atoms with Gasteiger partial charge in [-0.25, -0.2) is 4.79 Å². The number of rotatable bonds is 7. The predicted molar refractivity (Wildman–Crippen MR) is 112 cm³/mol. The number of hydrogen-bond acceptors (Lipinski definition) is 6. The molecule has 0 unspecified atom stereocenters. The van der Waals surface area contributed by atoms with Gasteiger partial charge >= 0.3 is 12.1 Å². The van der Waals surface area contributed by atoms with Crippen molar-refractivity contribution in [2.75, 3.05) is 26.6 Å². The van der Waals surface area contributed by atoms with Crippen LogP contribution in [-0.2, 0) is 16.1 Å². The van der Waals surface area contributed by atoms with Gasteiger partial charge in [0, 0.05) is 17.6 Å². The molecule has 11 heteroatoms. The third-order valence-corrected chi connectivity index (χ3v) is 4.80. The monoisotopic (exact) mass is 464 g/mol. The first-order chi connectivity index (χ1) is 15.6. The van der Waals surface area contributed by atoms with Crippen LogP contribution in [-0.4, -0.2) is 49.7 Å². The van der Waals surface area contributed by atoms with Gasteiger partial charge in [0.15, 0.2) is 0 Å². The number of benzene rings is 2. The van der Waals surface area contributed by atoms with E-state index in [1.807, 2.05) is 0 Å². The Bertz CT molecular complexity index is 1230. The molecule has 2 aromatic carbocycles. The van der Waals surface area contributed by atoms with Crippen LogP contribution in [0.3, 0.4) is 0 Å². The molecular weight excluding hydrogens is 445 g/mol. The van der Waals surface area contributed by atoms with Crippen molar-refractivity contribution in [2.45, 2.75) is 12.7 Å². The minimum Gasteiger partial charge on any atom is -0.497 e. The summed E-state index contributed by atoms with van der Waals surface area (Å²) in [4.78, 5) is 36.5. The summed E-state index contributed by atoms with van der Waals surface area (Å²) in [5.41, 5.74) is -0.232. The molecule has 0 aliphatic heterocycles. The van der Waals surface area contributed by atoms with Crippen LogP contribution in [0.1, 0.15) is 20.7 Å². The van der Waals surface area contributed by atoms with Crippen LogP contribution in [0.5, 0.6) is 11.5 Å². The Morgan fingerprint density at radius 3 is 2.33 bits per heavy atom. The Labute approximate surface area is 185 Å². The minimum absolute atomic E-state index is 0.0465. The number of halogens is 3. The van der Waals surface area contributed by atoms with E-state index in [9.17, 15) is 27.6 Å². The molecule has 1 N–H and O–H groups in total. The fourth-order valence-electron chi connectivity index (χ4n) is 3.26. The highest BCUT2D eigenvalue weighted by molar-refractivity contribution is 6.11. The lowest BCUT2D eigenvalue weighted by Crippen LogP contribution is -2.22. The van der Waals surface area contributed by atoms with Crippen molar-refractivity contribution in [1.82, 2.24) is 4.57 Å². The second kappa shape index (κ2) is 9.23. The topological polar surface area (TPSA) is 95.9 Å². The highest BCUT2D eigenvalue weighted by Crippen LogP contribution is 2.31. The van der Waals surface area contributed by atoms with Gasteiger partial charge in [0.25, 0.3) is 5.78 Å². The molecule has 1 amide bonds. The highest BCUT2D eigenvalue weighted by atomic mass is 19.4. The number of fused-ring (bicyclic) bond motifs is 1. The number of methoxy groups -OCH3 is 3. The van der Waals surface area contributed by atoms with E-state index < -0.39 is 35.9 Å². The molecule has 3 aromatic rings. The first kappa shape index (κ1) is 23.6. The Kier molecular flexibility index (Phi) is 6.61. The largest absolute Gasteiger partial charge is 0.497 e. The van der Waals surface area contributed by atoms with Crippen LogP contribution in [0.25, 0.3) is 10.9 Å². The van der Waals surface area contributed by atoms with Gasteiger partial charge in [-0.15, -0.1) is 0 Å². The average Bonchev–Trinajstić information content (AvgIpc) is 3.14. The lowest BCUT2D eigenvalue weighted by atomic mass is 10.1. The van der Waals surface area contributed by atoms with Crippen molar-refractivity contribution in [1.29, 1.82) is 0 Å². The highest BCUT2D eigenvalue weighted by Gasteiger charge is 2.41. The summed E-state index contributed by atoms with van der Waals surface area (Å²) in [5, 5.41) is 2.54. The molecular formula is C22H19F3N2O6. The predicted octanol–water partition coefficient (Wildman–Crippen LogP) is 3.83. The number of alkyl halides is 3. The maximum Gasteiger partial charge on any atom is 0.454 e. The zero-order chi connectivity index (χ0) is 24.3. The Balaban J connectivity index is 2.02. The van der Waals surface area contributed by atoms with Gasteiger partial charge < -0.3 is 24.1 Å². The van der Waals surface area contributed by atoms with Crippen molar-refractivity contribution >= 4 is 34.3 Å². The fraction of sp³-hybridized carbons (Fsp3) is 0.227. The molecule has 1 aromatic heterocycles. The second-order valence-electron chi connectivity index (χ2n) is 6.84. The fourth-order valence-corrected chi connectivity index (χ4v) is 3.26. The maximum absolute atomic E-state index is 13.1. The Morgan fingerprint density at radius 2 is 1.73 bits per heavy atom. The molecule has 174 valence electrons. The molecule has 0 saturated heterocycles. The van der Waals surface area contributed by atoms with E-state index in [1.54, 1.807) is 12.1 Å². The molecule has 0 atom stereocenters. The molecule has 0 saturated carbocycles. The summed E-state index contributed by atoms with van der Waals surface area (Å²) in [6.45, 7) is -0.452. The van der Waals surface area contributed by atoms with Gasteiger partial charge in [0.05, 0.1) is 43.7 Å². The summed E-state index contributed by atoms with van der Waals surface area (Å²) in [6.07, 6.45) is -4.18. The molecule has 8 nitrogen and oxygen atoms in total.